The molecule has 1 fully saturated rings. The van der Waals surface area contributed by atoms with E-state index in [1.807, 2.05) is 0 Å². The molecular weight excluding hydrogens is 370 g/mol. The minimum atomic E-state index is -1.31. The Hall–Kier alpha value is -3.12. The highest BCUT2D eigenvalue weighted by atomic mass is 35.5. The van der Waals surface area contributed by atoms with E-state index < -0.39 is 17.7 Å². The summed E-state index contributed by atoms with van der Waals surface area (Å²) in [6.07, 6.45) is 1.17. The van der Waals surface area contributed by atoms with Crippen LogP contribution in [0, 0.1) is 0 Å². The third kappa shape index (κ3) is 4.17. The fourth-order valence-corrected chi connectivity index (χ4v) is 2.62. The van der Waals surface area contributed by atoms with Crippen LogP contribution >= 0.6 is 11.6 Å². The van der Waals surface area contributed by atoms with Crippen LogP contribution in [-0.2, 0) is 19.1 Å². The predicted molar refractivity (Wildman–Crippen MR) is 99.3 cm³/mol. The molecule has 6 nitrogen and oxygen atoms in total. The van der Waals surface area contributed by atoms with Gasteiger partial charge in [0, 0.05) is 41.9 Å². The van der Waals surface area contributed by atoms with Crippen LogP contribution in [0.3, 0.4) is 0 Å². The molecule has 0 saturated carbocycles. The van der Waals surface area contributed by atoms with E-state index in [4.69, 9.17) is 21.1 Å². The number of hydrogen-bond acceptors (Lipinski definition) is 6. The lowest BCUT2D eigenvalue weighted by Crippen LogP contribution is -2.42. The van der Waals surface area contributed by atoms with Crippen LogP contribution in [0.4, 0.5) is 5.69 Å². The number of cyclic esters (lactones) is 2. The van der Waals surface area contributed by atoms with Crippen molar-refractivity contribution >= 4 is 35.0 Å². The molecule has 0 atom stereocenters. The van der Waals surface area contributed by atoms with Crippen LogP contribution in [0.5, 0.6) is 0 Å². The molecule has 0 aromatic heterocycles. The summed E-state index contributed by atoms with van der Waals surface area (Å²) in [6.45, 7) is 2.93. The molecule has 1 saturated heterocycles. The van der Waals surface area contributed by atoms with Crippen molar-refractivity contribution in [2.24, 2.45) is 0 Å². The molecule has 27 heavy (non-hydrogen) atoms. The van der Waals surface area contributed by atoms with E-state index in [1.54, 1.807) is 48.5 Å². The van der Waals surface area contributed by atoms with Crippen LogP contribution in [0.1, 0.15) is 29.8 Å². The Bertz CT molecular complexity index is 925. The summed E-state index contributed by atoms with van der Waals surface area (Å²) in [6, 6.07) is 13.2. The second-order valence-corrected chi connectivity index (χ2v) is 6.70. The molecule has 2 aromatic rings. The zero-order valence-electron chi connectivity index (χ0n) is 14.6. The number of nitrogens with one attached hydrogen (secondary N) is 1. The third-order valence-electron chi connectivity index (χ3n) is 3.77. The van der Waals surface area contributed by atoms with Crippen molar-refractivity contribution in [1.29, 1.82) is 0 Å². The van der Waals surface area contributed by atoms with Gasteiger partial charge in [0.2, 0.25) is 0 Å². The average Bonchev–Trinajstić information content (AvgIpc) is 2.60. The van der Waals surface area contributed by atoms with Gasteiger partial charge in [0.25, 0.3) is 5.79 Å². The van der Waals surface area contributed by atoms with Gasteiger partial charge in [-0.05, 0) is 36.4 Å². The predicted octanol–water partition coefficient (Wildman–Crippen LogP) is 3.70. The molecule has 2 aromatic carbocycles. The number of anilines is 1. The Morgan fingerprint density at radius 3 is 2.22 bits per heavy atom. The number of halogens is 1. The average molecular weight is 386 g/mol. The third-order valence-corrected chi connectivity index (χ3v) is 4.02. The lowest BCUT2D eigenvalue weighted by molar-refractivity contribution is -0.222. The van der Waals surface area contributed by atoms with Crippen molar-refractivity contribution in [2.45, 2.75) is 19.6 Å². The van der Waals surface area contributed by atoms with E-state index in [2.05, 4.69) is 5.32 Å². The van der Waals surface area contributed by atoms with E-state index in [1.165, 1.54) is 20.0 Å². The number of benzene rings is 2. The fraction of sp³-hybridized carbons (Fsp3) is 0.150. The summed E-state index contributed by atoms with van der Waals surface area (Å²) in [4.78, 5) is 36.8. The van der Waals surface area contributed by atoms with Gasteiger partial charge in [-0.1, -0.05) is 23.7 Å². The molecule has 1 aliphatic rings. The van der Waals surface area contributed by atoms with Crippen molar-refractivity contribution in [2.75, 3.05) is 5.32 Å². The van der Waals surface area contributed by atoms with Crippen LogP contribution < -0.4 is 5.32 Å². The van der Waals surface area contributed by atoms with Gasteiger partial charge in [-0.2, -0.15) is 0 Å². The van der Waals surface area contributed by atoms with Gasteiger partial charge in [-0.15, -0.1) is 0 Å². The fourth-order valence-electron chi connectivity index (χ4n) is 2.49. The molecule has 138 valence electrons. The normalized spacial score (nSPS) is 15.6. The first-order chi connectivity index (χ1) is 12.8. The molecule has 1 N–H and O–H groups in total. The quantitative estimate of drug-likeness (QED) is 0.374. The van der Waals surface area contributed by atoms with E-state index in [-0.39, 0.29) is 11.4 Å². The summed E-state index contributed by atoms with van der Waals surface area (Å²) in [5, 5.41) is 3.35. The number of ketones is 1. The molecular formula is C20H16ClNO5. The topological polar surface area (TPSA) is 81.7 Å². The maximum atomic E-state index is 12.8. The number of para-hydroxylation sites is 1. The van der Waals surface area contributed by atoms with Crippen LogP contribution in [0.2, 0.25) is 5.02 Å². The monoisotopic (exact) mass is 385 g/mol. The van der Waals surface area contributed by atoms with Gasteiger partial charge >= 0.3 is 11.9 Å². The molecule has 0 bridgehead atoms. The van der Waals surface area contributed by atoms with Gasteiger partial charge < -0.3 is 14.8 Å². The lowest BCUT2D eigenvalue weighted by atomic mass is 10.0. The van der Waals surface area contributed by atoms with E-state index in [0.29, 0.717) is 21.8 Å². The first-order valence-electron chi connectivity index (χ1n) is 8.09. The number of ether oxygens (including phenoxy) is 2. The molecule has 0 aliphatic carbocycles. The zero-order chi connectivity index (χ0) is 19.6. The smallest absolute Gasteiger partial charge is 0.350 e. The summed E-state index contributed by atoms with van der Waals surface area (Å²) >= 11 is 5.86. The standard InChI is InChI=1S/C20H16ClNO5/c1-20(2)26-18(24)15(19(25)27-20)11-22-16-6-4-3-5-14(16)17(23)12-7-9-13(21)10-8-12/h3-11,22H,1-2H3. The maximum Gasteiger partial charge on any atom is 0.350 e. The highest BCUT2D eigenvalue weighted by molar-refractivity contribution is 6.30. The summed E-state index contributed by atoms with van der Waals surface area (Å²) in [5.41, 5.74) is 0.965. The highest BCUT2D eigenvalue weighted by Crippen LogP contribution is 2.24. The molecule has 0 spiro atoms. The number of esters is 2. The molecule has 0 amide bonds. The first kappa shape index (κ1) is 18.7. The summed E-state index contributed by atoms with van der Waals surface area (Å²) in [5.74, 6) is -3.15. The van der Waals surface area contributed by atoms with Crippen molar-refractivity contribution in [1.82, 2.24) is 0 Å². The Balaban J connectivity index is 1.87. The van der Waals surface area contributed by atoms with Crippen molar-refractivity contribution in [3.05, 3.63) is 76.5 Å². The Morgan fingerprint density at radius 1 is 1.00 bits per heavy atom. The van der Waals surface area contributed by atoms with Gasteiger partial charge in [0.05, 0.1) is 0 Å². The van der Waals surface area contributed by atoms with Gasteiger partial charge in [-0.3, -0.25) is 4.79 Å². The maximum absolute atomic E-state index is 12.8. The number of hydrogen-bond donors (Lipinski definition) is 1. The van der Waals surface area contributed by atoms with Gasteiger partial charge in [-0.25, -0.2) is 9.59 Å². The second kappa shape index (κ2) is 7.25. The largest absolute Gasteiger partial charge is 0.419 e. The first-order valence-corrected chi connectivity index (χ1v) is 8.47. The lowest BCUT2D eigenvalue weighted by Gasteiger charge is -2.29. The Labute approximate surface area is 160 Å². The van der Waals surface area contributed by atoms with Crippen LogP contribution in [0.15, 0.2) is 60.3 Å². The SMILES string of the molecule is CC1(C)OC(=O)C(=CNc2ccccc2C(=O)c2ccc(Cl)cc2)C(=O)O1. The van der Waals surface area contributed by atoms with Gasteiger partial charge in [0.1, 0.15) is 0 Å². The molecule has 7 heteroatoms. The molecule has 3 rings (SSSR count). The number of carbonyl (C=O) groups excluding carboxylic acids is 3. The van der Waals surface area contributed by atoms with E-state index in [0.717, 1.165) is 0 Å². The second-order valence-electron chi connectivity index (χ2n) is 6.26. The molecule has 1 heterocycles. The molecule has 0 radical (unpaired) electrons. The number of carbonyl (C=O) groups is 3. The van der Waals surface area contributed by atoms with Gasteiger partial charge in [0.15, 0.2) is 11.4 Å². The zero-order valence-corrected chi connectivity index (χ0v) is 15.4. The minimum absolute atomic E-state index is 0.233. The summed E-state index contributed by atoms with van der Waals surface area (Å²) in [7, 11) is 0. The van der Waals surface area contributed by atoms with Crippen molar-refractivity contribution < 1.29 is 23.9 Å². The van der Waals surface area contributed by atoms with E-state index >= 15 is 0 Å². The minimum Gasteiger partial charge on any atom is -0.419 e. The van der Waals surface area contributed by atoms with Crippen LogP contribution in [0.25, 0.3) is 0 Å². The summed E-state index contributed by atoms with van der Waals surface area (Å²) < 4.78 is 10.1. The molecule has 1 aliphatic heterocycles. The van der Waals surface area contributed by atoms with Crippen molar-refractivity contribution in [3.63, 3.8) is 0 Å². The van der Waals surface area contributed by atoms with Crippen LogP contribution in [-0.4, -0.2) is 23.5 Å². The van der Waals surface area contributed by atoms with Crippen molar-refractivity contribution in [3.8, 4) is 0 Å². The highest BCUT2D eigenvalue weighted by Gasteiger charge is 2.39. The van der Waals surface area contributed by atoms with E-state index in [9.17, 15) is 14.4 Å². The number of rotatable bonds is 4. The molecule has 0 unspecified atom stereocenters. The Kier molecular flexibility index (Phi) is 5.01. The Morgan fingerprint density at radius 2 is 1.59 bits per heavy atom.